The van der Waals surface area contributed by atoms with Gasteiger partial charge < -0.3 is 19.9 Å². The van der Waals surface area contributed by atoms with Crippen LogP contribution >= 0.6 is 35.3 Å². The van der Waals surface area contributed by atoms with E-state index in [0.717, 1.165) is 23.2 Å². The van der Waals surface area contributed by atoms with Crippen LogP contribution in [0.3, 0.4) is 0 Å². The Morgan fingerprint density at radius 1 is 1.41 bits per heavy atom. The predicted octanol–water partition coefficient (Wildman–Crippen LogP) is 3.27. The van der Waals surface area contributed by atoms with Crippen molar-refractivity contribution < 1.29 is 9.53 Å². The fourth-order valence-electron chi connectivity index (χ4n) is 3.05. The molecule has 0 spiro atoms. The number of ether oxygens (including phenoxy) is 1. The van der Waals surface area contributed by atoms with Gasteiger partial charge in [0, 0.05) is 25.0 Å². The maximum absolute atomic E-state index is 12.3. The van der Waals surface area contributed by atoms with Crippen LogP contribution in [0, 0.1) is 0 Å². The standard InChI is InChI=1S/C18H29N5O2S.HI/c1-12(2)14-11-26-15(21-14)9-20-16-19-8-13-10-22(6-7-23(13)16)17(24)25-18(3,4)5;/h11-13H,6-10H2,1-5H3,(H,19,20);1H. The van der Waals surface area contributed by atoms with Gasteiger partial charge in [0.25, 0.3) is 0 Å². The van der Waals surface area contributed by atoms with Crippen LogP contribution in [-0.4, -0.2) is 64.7 Å². The second-order valence-corrected chi connectivity index (χ2v) is 9.05. The summed E-state index contributed by atoms with van der Waals surface area (Å²) in [6.45, 7) is 13.5. The molecule has 27 heavy (non-hydrogen) atoms. The Labute approximate surface area is 182 Å². The minimum atomic E-state index is -0.463. The highest BCUT2D eigenvalue weighted by atomic mass is 127. The van der Waals surface area contributed by atoms with Crippen molar-refractivity contribution in [2.24, 2.45) is 4.99 Å². The fraction of sp³-hybridized carbons (Fsp3) is 0.722. The number of aromatic nitrogens is 1. The van der Waals surface area contributed by atoms with Gasteiger partial charge in [-0.3, -0.25) is 4.99 Å². The van der Waals surface area contributed by atoms with Crippen molar-refractivity contribution in [3.8, 4) is 0 Å². The van der Waals surface area contributed by atoms with Crippen LogP contribution in [-0.2, 0) is 11.3 Å². The maximum atomic E-state index is 12.3. The van der Waals surface area contributed by atoms with E-state index < -0.39 is 5.60 Å². The van der Waals surface area contributed by atoms with Crippen molar-refractivity contribution >= 4 is 47.4 Å². The summed E-state index contributed by atoms with van der Waals surface area (Å²) in [6, 6.07) is 0.223. The average Bonchev–Trinajstić information content (AvgIpc) is 3.17. The largest absolute Gasteiger partial charge is 0.444 e. The quantitative estimate of drug-likeness (QED) is 0.637. The van der Waals surface area contributed by atoms with Gasteiger partial charge in [-0.05, 0) is 26.7 Å². The molecular weight excluding hydrogens is 477 g/mol. The molecular formula is C18H30IN5O2S. The number of amides is 1. The van der Waals surface area contributed by atoms with Gasteiger partial charge in [0.1, 0.15) is 10.6 Å². The highest BCUT2D eigenvalue weighted by Crippen LogP contribution is 2.20. The number of hydrogen-bond donors (Lipinski definition) is 1. The summed E-state index contributed by atoms with van der Waals surface area (Å²) >= 11 is 1.68. The molecule has 3 heterocycles. The molecule has 1 atom stereocenters. The van der Waals surface area contributed by atoms with E-state index in [1.165, 1.54) is 0 Å². The van der Waals surface area contributed by atoms with Crippen LogP contribution in [0.25, 0.3) is 0 Å². The predicted molar refractivity (Wildman–Crippen MR) is 119 cm³/mol. The Kier molecular flexibility index (Phi) is 7.34. The minimum Gasteiger partial charge on any atom is -0.444 e. The first-order valence-electron chi connectivity index (χ1n) is 9.20. The van der Waals surface area contributed by atoms with Gasteiger partial charge in [0.15, 0.2) is 5.96 Å². The van der Waals surface area contributed by atoms with Gasteiger partial charge >= 0.3 is 6.09 Å². The number of piperazine rings is 1. The topological polar surface area (TPSA) is 70.1 Å². The normalized spacial score (nSPS) is 19.5. The van der Waals surface area contributed by atoms with Gasteiger partial charge in [0.2, 0.25) is 0 Å². The van der Waals surface area contributed by atoms with Crippen LogP contribution in [0.2, 0.25) is 0 Å². The third-order valence-electron chi connectivity index (χ3n) is 4.42. The lowest BCUT2D eigenvalue weighted by Gasteiger charge is -2.39. The smallest absolute Gasteiger partial charge is 0.410 e. The summed E-state index contributed by atoms with van der Waals surface area (Å²) in [5.41, 5.74) is 0.680. The molecule has 0 saturated carbocycles. The van der Waals surface area contributed by atoms with Crippen molar-refractivity contribution in [1.82, 2.24) is 20.1 Å². The van der Waals surface area contributed by atoms with Crippen molar-refractivity contribution in [3.63, 3.8) is 0 Å². The van der Waals surface area contributed by atoms with E-state index in [1.807, 2.05) is 20.8 Å². The van der Waals surface area contributed by atoms with Gasteiger partial charge in [-0.25, -0.2) is 9.78 Å². The number of fused-ring (bicyclic) bond motifs is 1. The van der Waals surface area contributed by atoms with Crippen LogP contribution < -0.4 is 5.32 Å². The highest BCUT2D eigenvalue weighted by molar-refractivity contribution is 14.0. The zero-order valence-corrected chi connectivity index (χ0v) is 19.8. The van der Waals surface area contributed by atoms with E-state index in [4.69, 9.17) is 4.74 Å². The molecule has 0 radical (unpaired) electrons. The fourth-order valence-corrected chi connectivity index (χ4v) is 3.94. The molecule has 1 aromatic heterocycles. The first-order chi connectivity index (χ1) is 12.2. The molecule has 7 nitrogen and oxygen atoms in total. The van der Waals surface area contributed by atoms with Crippen molar-refractivity contribution in [1.29, 1.82) is 0 Å². The number of aliphatic imine (C=N–C) groups is 1. The van der Waals surface area contributed by atoms with E-state index in [2.05, 4.69) is 39.4 Å². The first-order valence-corrected chi connectivity index (χ1v) is 10.1. The molecule has 1 saturated heterocycles. The minimum absolute atomic E-state index is 0. The lowest BCUT2D eigenvalue weighted by Crippen LogP contribution is -2.57. The highest BCUT2D eigenvalue weighted by Gasteiger charge is 2.36. The second kappa shape index (κ2) is 8.93. The summed E-state index contributed by atoms with van der Waals surface area (Å²) in [5, 5.41) is 6.62. The summed E-state index contributed by atoms with van der Waals surface area (Å²) in [6.07, 6.45) is -0.234. The summed E-state index contributed by atoms with van der Waals surface area (Å²) in [5.74, 6) is 1.37. The molecule has 1 unspecified atom stereocenters. The third kappa shape index (κ3) is 5.69. The number of rotatable bonds is 3. The Balaban J connectivity index is 0.00000261. The monoisotopic (exact) mass is 507 g/mol. The van der Waals surface area contributed by atoms with E-state index in [9.17, 15) is 4.79 Å². The number of carbonyl (C=O) groups excluding carboxylic acids is 1. The number of nitrogens with one attached hydrogen (secondary N) is 1. The molecule has 1 aromatic rings. The van der Waals surface area contributed by atoms with Crippen LogP contribution in [0.5, 0.6) is 0 Å². The van der Waals surface area contributed by atoms with Crippen LogP contribution in [0.15, 0.2) is 10.4 Å². The van der Waals surface area contributed by atoms with Gasteiger partial charge in [-0.2, -0.15) is 0 Å². The number of thiazole rings is 1. The molecule has 1 fully saturated rings. The molecule has 9 heteroatoms. The molecule has 0 aromatic carbocycles. The van der Waals surface area contributed by atoms with E-state index >= 15 is 0 Å². The number of guanidine groups is 1. The number of hydrogen-bond acceptors (Lipinski definition) is 7. The number of nitrogens with zero attached hydrogens (tertiary/aromatic N) is 4. The van der Waals surface area contributed by atoms with Crippen LogP contribution in [0.1, 0.15) is 51.2 Å². The molecule has 0 bridgehead atoms. The Hall–Kier alpha value is -1.10. The lowest BCUT2D eigenvalue weighted by atomic mass is 10.2. The number of carbonyl (C=O) groups is 1. The number of halogens is 1. The second-order valence-electron chi connectivity index (χ2n) is 8.11. The van der Waals surface area contributed by atoms with Gasteiger partial charge in [-0.1, -0.05) is 13.8 Å². The summed E-state index contributed by atoms with van der Waals surface area (Å²) < 4.78 is 5.49. The lowest BCUT2D eigenvalue weighted by molar-refractivity contribution is 0.0137. The Bertz CT molecular complexity index is 686. The zero-order valence-electron chi connectivity index (χ0n) is 16.7. The average molecular weight is 507 g/mol. The van der Waals surface area contributed by atoms with Gasteiger partial charge in [0.05, 0.1) is 24.8 Å². The molecule has 1 amide bonds. The molecule has 2 aliphatic rings. The Morgan fingerprint density at radius 3 is 2.78 bits per heavy atom. The Morgan fingerprint density at radius 2 is 2.15 bits per heavy atom. The summed E-state index contributed by atoms with van der Waals surface area (Å²) in [4.78, 5) is 25.6. The van der Waals surface area contributed by atoms with Crippen molar-refractivity contribution in [3.05, 3.63) is 16.1 Å². The van der Waals surface area contributed by atoms with Crippen molar-refractivity contribution in [2.75, 3.05) is 26.2 Å². The van der Waals surface area contributed by atoms with E-state index in [0.29, 0.717) is 32.1 Å². The first kappa shape index (κ1) is 22.2. The molecule has 0 aliphatic carbocycles. The van der Waals surface area contributed by atoms with E-state index in [-0.39, 0.29) is 36.1 Å². The van der Waals surface area contributed by atoms with Crippen LogP contribution in [0.4, 0.5) is 4.79 Å². The molecule has 1 N–H and O–H groups in total. The molecule has 2 aliphatic heterocycles. The summed E-state index contributed by atoms with van der Waals surface area (Å²) in [7, 11) is 0. The third-order valence-corrected chi connectivity index (χ3v) is 5.28. The zero-order chi connectivity index (χ0) is 18.9. The molecule has 152 valence electrons. The maximum Gasteiger partial charge on any atom is 0.410 e. The SMILES string of the molecule is CC(C)c1csc(CNC2=NCC3CN(C(=O)OC(C)(C)C)CCN23)n1.I. The van der Waals surface area contributed by atoms with E-state index in [1.54, 1.807) is 16.2 Å². The van der Waals surface area contributed by atoms with Gasteiger partial charge in [-0.15, -0.1) is 35.3 Å². The van der Waals surface area contributed by atoms with Crippen molar-refractivity contribution in [2.45, 2.75) is 58.7 Å². The molecule has 3 rings (SSSR count).